The molecule has 0 saturated carbocycles. The first kappa shape index (κ1) is 62.0. The quantitative estimate of drug-likeness (QED) is 0.129. The lowest BCUT2D eigenvalue weighted by Gasteiger charge is -2.40. The Bertz CT molecular complexity index is 5010. The van der Waals surface area contributed by atoms with Gasteiger partial charge in [-0.05, 0) is 179 Å². The number of aromatic nitrogens is 2. The number of pyridine rings is 1. The van der Waals surface area contributed by atoms with Crippen molar-refractivity contribution in [1.29, 1.82) is 0 Å². The number of ether oxygens (including phenoxy) is 1. The van der Waals surface area contributed by atoms with Crippen molar-refractivity contribution in [3.8, 4) is 50.7 Å². The van der Waals surface area contributed by atoms with Crippen LogP contribution in [0.4, 0.5) is 22.7 Å². The maximum Gasteiger partial charge on any atom is 0.145 e. The molecule has 0 atom stereocenters. The minimum atomic E-state index is -1.03. The van der Waals surface area contributed by atoms with Gasteiger partial charge in [0.25, 0.3) is 0 Å². The van der Waals surface area contributed by atoms with Gasteiger partial charge in [-0.25, -0.2) is 4.98 Å². The standard InChI is InChI=1S/C90H100N4O2/c1-54(2)67-30-27-31-68(55(3)4)81(67)59-45-64(49-66(46-59)95-65-37-38-73-78(50-65)94(80-51-74(56(5)52-91-80)90(21,22)89(18,19)20)77-40-39-72-71-29-23-26-36-79(71)96-84(72)82(73)77)92-53-93(76-35-25-24-34-75(76)92)83-69(57-41-60(85(6,7)8)47-61(42-57)86(9,10)11)32-28-33-70(83)58-43-62(87(12,13)14)48-63(44-58)88(15,16)17/h23-52,54-55H,53H2,1-22H3/i52D,54D,55D. The number of hydrogen-bond donors (Lipinski definition) is 0. The Morgan fingerprint density at radius 2 is 1.02 bits per heavy atom. The summed E-state index contributed by atoms with van der Waals surface area (Å²) in [4.78, 5) is 10.1. The molecule has 3 aromatic heterocycles. The molecule has 0 radical (unpaired) electrons. The van der Waals surface area contributed by atoms with Gasteiger partial charge in [-0.2, -0.15) is 0 Å². The largest absolute Gasteiger partial charge is 0.457 e. The molecule has 1 aliphatic heterocycles. The molecule has 0 spiro atoms. The second-order valence-electron chi connectivity index (χ2n) is 33.4. The first-order valence-corrected chi connectivity index (χ1v) is 34.5. The summed E-state index contributed by atoms with van der Waals surface area (Å²) in [5, 5.41) is 3.99. The maximum atomic E-state index is 9.77. The summed E-state index contributed by atoms with van der Waals surface area (Å²) in [6.07, 6.45) is 0.235. The number of furan rings is 1. The highest BCUT2D eigenvalue weighted by atomic mass is 16.5. The third-order valence-corrected chi connectivity index (χ3v) is 20.9. The molecule has 0 N–H and O–H groups in total. The van der Waals surface area contributed by atoms with E-state index in [1.165, 1.54) is 33.4 Å². The molecule has 96 heavy (non-hydrogen) atoms. The number of nitrogens with zero attached hydrogens (tertiary/aromatic N) is 4. The fourth-order valence-electron chi connectivity index (χ4n) is 14.2. The van der Waals surface area contributed by atoms with Crippen molar-refractivity contribution >= 4 is 66.5 Å². The van der Waals surface area contributed by atoms with Gasteiger partial charge in [0.1, 0.15) is 35.2 Å². The minimum Gasteiger partial charge on any atom is -0.457 e. The average Bonchev–Trinajstić information content (AvgIpc) is 1.55. The molecule has 0 bridgehead atoms. The van der Waals surface area contributed by atoms with Crippen LogP contribution in [0.2, 0.25) is 0 Å². The summed E-state index contributed by atoms with van der Waals surface area (Å²) in [6, 6.07) is 63.9. The van der Waals surface area contributed by atoms with Crippen LogP contribution in [0.3, 0.4) is 0 Å². The van der Waals surface area contributed by atoms with Crippen molar-refractivity contribution in [3.63, 3.8) is 0 Å². The lowest BCUT2D eigenvalue weighted by atomic mass is 9.64. The fraction of sp³-hybridized carbons (Fsp3) is 0.344. The highest BCUT2D eigenvalue weighted by Gasteiger charge is 2.38. The van der Waals surface area contributed by atoms with Gasteiger partial charge in [0, 0.05) is 54.0 Å². The summed E-state index contributed by atoms with van der Waals surface area (Å²) < 4.78 is 45.6. The summed E-state index contributed by atoms with van der Waals surface area (Å²) >= 11 is 0. The van der Waals surface area contributed by atoms with Crippen molar-refractivity contribution in [2.75, 3.05) is 16.5 Å². The molecule has 0 amide bonds. The highest BCUT2D eigenvalue weighted by molar-refractivity contribution is 6.24. The Morgan fingerprint density at radius 1 is 0.490 bits per heavy atom. The van der Waals surface area contributed by atoms with Crippen molar-refractivity contribution in [1.82, 2.24) is 9.55 Å². The van der Waals surface area contributed by atoms with Crippen LogP contribution < -0.4 is 14.5 Å². The molecule has 6 heteroatoms. The Morgan fingerprint density at radius 3 is 1.57 bits per heavy atom. The van der Waals surface area contributed by atoms with E-state index < -0.39 is 11.8 Å². The lowest BCUT2D eigenvalue weighted by molar-refractivity contribution is 0.224. The van der Waals surface area contributed by atoms with Crippen LogP contribution in [0.1, 0.15) is 206 Å². The van der Waals surface area contributed by atoms with Gasteiger partial charge in [-0.1, -0.05) is 249 Å². The number of para-hydroxylation sites is 4. The SMILES string of the molecule is [2H]c1nc(-n2c3cc(Oc4cc(-c5c(C([2H])(C)C)cccc5C([2H])(C)C)cc(N5CN(c6c(-c7cc(C(C)(C)C)cc(C(C)(C)C)c7)cccc6-c6cc(C(C)(C)C)cc(C(C)(C)C)c6)c6ccccc65)c4)ccc3c3c4oc5ccccc5c4ccc32)cc(C(C)(C)C(C)(C)C)c1C. The summed E-state index contributed by atoms with van der Waals surface area (Å²) in [5.74, 6) is -0.238. The normalized spacial score (nSPS) is 14.3. The Hall–Kier alpha value is -8.87. The Kier molecular flexibility index (Phi) is 15.1. The Balaban J connectivity index is 1.06. The monoisotopic (exact) mass is 1270 g/mol. The van der Waals surface area contributed by atoms with E-state index in [1.54, 1.807) is 0 Å². The van der Waals surface area contributed by atoms with E-state index in [1.807, 2.05) is 52.8 Å². The molecule has 6 nitrogen and oxygen atoms in total. The molecular weight excluding hydrogens is 1170 g/mol. The zero-order valence-corrected chi connectivity index (χ0v) is 61.1. The third-order valence-electron chi connectivity index (χ3n) is 20.9. The van der Waals surface area contributed by atoms with Crippen molar-refractivity contribution in [3.05, 3.63) is 227 Å². The van der Waals surface area contributed by atoms with E-state index >= 15 is 0 Å². The Labute approximate surface area is 576 Å². The van der Waals surface area contributed by atoms with Crippen LogP contribution in [0, 0.1) is 12.3 Å². The topological polar surface area (TPSA) is 46.7 Å². The van der Waals surface area contributed by atoms with Crippen LogP contribution in [0.25, 0.3) is 82.9 Å². The van der Waals surface area contributed by atoms with Crippen LogP contribution >= 0.6 is 0 Å². The molecule has 4 heterocycles. The van der Waals surface area contributed by atoms with Gasteiger partial charge >= 0.3 is 0 Å². The first-order valence-electron chi connectivity index (χ1n) is 36.0. The van der Waals surface area contributed by atoms with Crippen LogP contribution in [0.15, 0.2) is 187 Å². The number of hydrogen-bond acceptors (Lipinski definition) is 5. The number of rotatable bonds is 11. The van der Waals surface area contributed by atoms with Gasteiger partial charge in [-0.15, -0.1) is 0 Å². The zero-order chi connectivity index (χ0) is 71.4. The molecule has 1 aliphatic rings. The van der Waals surface area contributed by atoms with E-state index in [4.69, 9.17) is 14.1 Å². The van der Waals surface area contributed by atoms with E-state index in [2.05, 4.69) is 290 Å². The van der Waals surface area contributed by atoms with E-state index in [-0.39, 0.29) is 38.7 Å². The van der Waals surface area contributed by atoms with Crippen LogP contribution in [0.5, 0.6) is 11.5 Å². The van der Waals surface area contributed by atoms with Gasteiger partial charge in [0.05, 0.1) is 34.9 Å². The number of benzene rings is 9. The van der Waals surface area contributed by atoms with E-state index in [9.17, 15) is 4.11 Å². The van der Waals surface area contributed by atoms with Crippen molar-refractivity contribution in [2.24, 2.45) is 5.41 Å². The molecule has 0 aliphatic carbocycles. The van der Waals surface area contributed by atoms with Crippen LogP contribution in [-0.2, 0) is 27.1 Å². The second-order valence-corrected chi connectivity index (χ2v) is 33.4. The summed E-state index contributed by atoms with van der Waals surface area (Å²) in [5.41, 5.74) is 21.6. The molecule has 0 saturated heterocycles. The van der Waals surface area contributed by atoms with Gasteiger partial charge in [0.2, 0.25) is 0 Å². The number of fused-ring (bicyclic) bond motifs is 8. The summed E-state index contributed by atoms with van der Waals surface area (Å²) in [6.45, 7) is 49.4. The predicted molar refractivity (Wildman–Crippen MR) is 411 cm³/mol. The van der Waals surface area contributed by atoms with Gasteiger partial charge < -0.3 is 19.0 Å². The van der Waals surface area contributed by atoms with E-state index in [0.29, 0.717) is 24.0 Å². The predicted octanol–water partition coefficient (Wildman–Crippen LogP) is 26.2. The molecule has 0 unspecified atom stereocenters. The molecule has 9 aromatic carbocycles. The van der Waals surface area contributed by atoms with Crippen molar-refractivity contribution < 1.29 is 13.3 Å². The minimum absolute atomic E-state index is 0.120. The molecule has 13 rings (SSSR count). The molecular formula is C90H100N4O2. The lowest BCUT2D eigenvalue weighted by Crippen LogP contribution is -2.34. The zero-order valence-electron chi connectivity index (χ0n) is 64.1. The second kappa shape index (κ2) is 23.5. The first-order chi connectivity index (χ1) is 46.1. The smallest absolute Gasteiger partial charge is 0.145 e. The third kappa shape index (κ3) is 11.7. The summed E-state index contributed by atoms with van der Waals surface area (Å²) in [7, 11) is 0. The van der Waals surface area contributed by atoms with Gasteiger partial charge in [0.15, 0.2) is 0 Å². The number of anilines is 4. The van der Waals surface area contributed by atoms with Crippen molar-refractivity contribution in [2.45, 2.75) is 191 Å². The van der Waals surface area contributed by atoms with Crippen LogP contribution in [-0.4, -0.2) is 16.2 Å². The highest BCUT2D eigenvalue weighted by Crippen LogP contribution is 2.54. The molecule has 12 aromatic rings. The molecule has 0 fully saturated rings. The molecule has 492 valence electrons. The maximum absolute atomic E-state index is 9.77. The average molecular weight is 1270 g/mol. The van der Waals surface area contributed by atoms with Gasteiger partial charge in [-0.3, -0.25) is 4.57 Å². The van der Waals surface area contributed by atoms with E-state index in [0.717, 1.165) is 111 Å². The fourth-order valence-corrected chi connectivity index (χ4v) is 14.2.